The molecule has 1 aromatic heterocycles. The fourth-order valence-electron chi connectivity index (χ4n) is 4.35. The average Bonchev–Trinajstić information content (AvgIpc) is 3.25. The smallest absolute Gasteiger partial charge is 0.258 e. The zero-order valence-corrected chi connectivity index (χ0v) is 19.5. The molecule has 0 bridgehead atoms. The molecule has 0 spiro atoms. The van der Waals surface area contributed by atoms with Crippen LogP contribution in [-0.4, -0.2) is 48.6 Å². The van der Waals surface area contributed by atoms with E-state index in [1.165, 1.54) is 0 Å². The largest absolute Gasteiger partial charge is 0.493 e. The van der Waals surface area contributed by atoms with Crippen molar-refractivity contribution in [1.29, 1.82) is 0 Å². The third-order valence-electron chi connectivity index (χ3n) is 6.10. The maximum absolute atomic E-state index is 13.0. The van der Waals surface area contributed by atoms with Gasteiger partial charge in [-0.1, -0.05) is 12.1 Å². The second-order valence-electron chi connectivity index (χ2n) is 8.33. The Labute approximate surface area is 198 Å². The van der Waals surface area contributed by atoms with Crippen LogP contribution in [0.3, 0.4) is 0 Å². The second-order valence-corrected chi connectivity index (χ2v) is 8.33. The molecule has 3 aromatic rings. The summed E-state index contributed by atoms with van der Waals surface area (Å²) in [5.41, 5.74) is 1.27. The third kappa shape index (κ3) is 5.06. The number of fused-ring (bicyclic) bond motifs is 1. The molecular formula is C26H29N3O5. The van der Waals surface area contributed by atoms with Crippen LogP contribution in [0.2, 0.25) is 0 Å². The molecule has 178 valence electrons. The summed E-state index contributed by atoms with van der Waals surface area (Å²) < 4.78 is 12.2. The lowest BCUT2D eigenvalue weighted by Crippen LogP contribution is -2.28. The van der Waals surface area contributed by atoms with Crippen LogP contribution < -0.4 is 20.3 Å². The molecule has 1 aliphatic heterocycles. The van der Waals surface area contributed by atoms with Crippen LogP contribution in [0.5, 0.6) is 11.5 Å². The van der Waals surface area contributed by atoms with Crippen molar-refractivity contribution in [2.45, 2.75) is 32.2 Å². The van der Waals surface area contributed by atoms with Crippen molar-refractivity contribution >= 4 is 28.3 Å². The van der Waals surface area contributed by atoms with Crippen LogP contribution in [0.4, 0.5) is 5.69 Å². The topological polar surface area (TPSA) is 89.9 Å². The molecule has 0 radical (unpaired) electrons. The number of ether oxygens (including phenoxy) is 2. The van der Waals surface area contributed by atoms with Gasteiger partial charge in [0.25, 0.3) is 5.56 Å². The van der Waals surface area contributed by atoms with Gasteiger partial charge in [0.05, 0.1) is 20.6 Å². The van der Waals surface area contributed by atoms with Crippen LogP contribution in [0.25, 0.3) is 10.8 Å². The molecule has 0 aliphatic carbocycles. The fourth-order valence-corrected chi connectivity index (χ4v) is 4.35. The Balaban J connectivity index is 1.45. The molecular weight excluding hydrogens is 434 g/mol. The highest BCUT2D eigenvalue weighted by atomic mass is 16.5. The molecule has 0 saturated carbocycles. The number of hydrogen-bond acceptors (Lipinski definition) is 5. The number of amides is 2. The summed E-state index contributed by atoms with van der Waals surface area (Å²) >= 11 is 0. The maximum atomic E-state index is 13.0. The van der Waals surface area contributed by atoms with E-state index in [-0.39, 0.29) is 23.8 Å². The summed E-state index contributed by atoms with van der Waals surface area (Å²) in [7, 11) is 3.11. The molecule has 1 fully saturated rings. The van der Waals surface area contributed by atoms with E-state index in [1.807, 2.05) is 17.0 Å². The Bertz CT molecular complexity index is 1270. The summed E-state index contributed by atoms with van der Waals surface area (Å²) in [4.78, 5) is 39.4. The molecule has 4 rings (SSSR count). The van der Waals surface area contributed by atoms with Crippen molar-refractivity contribution in [3.05, 3.63) is 64.6 Å². The van der Waals surface area contributed by atoms with Gasteiger partial charge in [-0.25, -0.2) is 0 Å². The highest BCUT2D eigenvalue weighted by molar-refractivity contribution is 6.02. The number of benzene rings is 2. The lowest BCUT2D eigenvalue weighted by Gasteiger charge is -2.16. The molecule has 1 aliphatic rings. The summed E-state index contributed by atoms with van der Waals surface area (Å²) in [6, 6.07) is 12.5. The molecule has 34 heavy (non-hydrogen) atoms. The zero-order valence-electron chi connectivity index (χ0n) is 19.5. The van der Waals surface area contributed by atoms with Crippen molar-refractivity contribution in [2.75, 3.05) is 32.6 Å². The zero-order chi connectivity index (χ0) is 24.1. The summed E-state index contributed by atoms with van der Waals surface area (Å²) in [6.45, 7) is 2.00. The van der Waals surface area contributed by atoms with Crippen LogP contribution in [0.1, 0.15) is 24.8 Å². The monoisotopic (exact) mass is 463 g/mol. The Kier molecular flexibility index (Phi) is 7.15. The number of likely N-dealkylation sites (tertiary alicyclic amines) is 1. The van der Waals surface area contributed by atoms with Crippen LogP contribution >= 0.6 is 0 Å². The summed E-state index contributed by atoms with van der Waals surface area (Å²) in [5, 5.41) is 4.17. The van der Waals surface area contributed by atoms with E-state index >= 15 is 0 Å². The van der Waals surface area contributed by atoms with Gasteiger partial charge in [-0.2, -0.15) is 0 Å². The number of aromatic nitrogens is 1. The first-order valence-electron chi connectivity index (χ1n) is 11.4. The second kappa shape index (κ2) is 10.4. The predicted molar refractivity (Wildman–Crippen MR) is 131 cm³/mol. The minimum Gasteiger partial charge on any atom is -0.493 e. The SMILES string of the molecule is COc1ccc(CC(=O)Nc2cccc3c(=O)n(CCCN4CCCC4=O)ccc23)cc1OC. The lowest BCUT2D eigenvalue weighted by atomic mass is 10.1. The number of anilines is 1. The van der Waals surface area contributed by atoms with Gasteiger partial charge in [0.1, 0.15) is 0 Å². The van der Waals surface area contributed by atoms with E-state index in [4.69, 9.17) is 9.47 Å². The fraction of sp³-hybridized carbons (Fsp3) is 0.346. The number of nitrogens with one attached hydrogen (secondary N) is 1. The standard InChI is InChI=1S/C26H29N3O5/c1-33-22-10-9-18(16-23(22)34-2)17-24(30)27-21-7-3-6-20-19(21)11-15-29(26(20)32)14-5-13-28-12-4-8-25(28)31/h3,6-7,9-11,15-16H,4-5,8,12-14,17H2,1-2H3,(H,27,30). The van der Waals surface area contributed by atoms with Gasteiger partial charge in [-0.3, -0.25) is 14.4 Å². The summed E-state index contributed by atoms with van der Waals surface area (Å²) in [6.07, 6.45) is 4.16. The number of nitrogens with zero attached hydrogens (tertiary/aromatic N) is 2. The van der Waals surface area contributed by atoms with Gasteiger partial charge in [-0.05, 0) is 48.7 Å². The first kappa shape index (κ1) is 23.4. The van der Waals surface area contributed by atoms with Gasteiger partial charge in [0, 0.05) is 48.7 Å². The summed E-state index contributed by atoms with van der Waals surface area (Å²) in [5.74, 6) is 1.16. The number of hydrogen-bond donors (Lipinski definition) is 1. The first-order chi connectivity index (χ1) is 16.5. The minimum atomic E-state index is -0.195. The maximum Gasteiger partial charge on any atom is 0.258 e. The third-order valence-corrected chi connectivity index (χ3v) is 6.10. The van der Waals surface area contributed by atoms with Crippen molar-refractivity contribution in [3.63, 3.8) is 0 Å². The first-order valence-corrected chi connectivity index (χ1v) is 11.4. The normalized spacial score (nSPS) is 13.4. The van der Waals surface area contributed by atoms with Crippen LogP contribution in [0, 0.1) is 0 Å². The van der Waals surface area contributed by atoms with Crippen molar-refractivity contribution in [1.82, 2.24) is 9.47 Å². The Hall–Kier alpha value is -3.81. The molecule has 8 heteroatoms. The molecule has 2 aromatic carbocycles. The number of carbonyl (C=O) groups excluding carboxylic acids is 2. The quantitative estimate of drug-likeness (QED) is 0.526. The predicted octanol–water partition coefficient (Wildman–Crippen LogP) is 3.21. The van der Waals surface area contributed by atoms with E-state index in [0.717, 1.165) is 24.9 Å². The number of carbonyl (C=O) groups is 2. The highest BCUT2D eigenvalue weighted by Crippen LogP contribution is 2.28. The van der Waals surface area contributed by atoms with E-state index in [9.17, 15) is 14.4 Å². The number of rotatable bonds is 9. The molecule has 0 unspecified atom stereocenters. The molecule has 0 atom stereocenters. The number of pyridine rings is 1. The van der Waals surface area contributed by atoms with Crippen LogP contribution in [0.15, 0.2) is 53.5 Å². The van der Waals surface area contributed by atoms with Crippen LogP contribution in [-0.2, 0) is 22.6 Å². The molecule has 8 nitrogen and oxygen atoms in total. The number of methoxy groups -OCH3 is 2. The van der Waals surface area contributed by atoms with Gasteiger partial charge < -0.3 is 24.3 Å². The Morgan fingerprint density at radius 3 is 2.56 bits per heavy atom. The Morgan fingerprint density at radius 2 is 1.82 bits per heavy atom. The highest BCUT2D eigenvalue weighted by Gasteiger charge is 2.19. The van der Waals surface area contributed by atoms with Crippen molar-refractivity contribution in [3.8, 4) is 11.5 Å². The van der Waals surface area contributed by atoms with E-state index in [2.05, 4.69) is 5.32 Å². The van der Waals surface area contributed by atoms with Crippen molar-refractivity contribution in [2.24, 2.45) is 0 Å². The van der Waals surface area contributed by atoms with Gasteiger partial charge in [-0.15, -0.1) is 0 Å². The molecule has 1 saturated heterocycles. The van der Waals surface area contributed by atoms with Gasteiger partial charge in [0.15, 0.2) is 11.5 Å². The van der Waals surface area contributed by atoms with Gasteiger partial charge in [0.2, 0.25) is 11.8 Å². The van der Waals surface area contributed by atoms with Gasteiger partial charge >= 0.3 is 0 Å². The van der Waals surface area contributed by atoms with Crippen molar-refractivity contribution < 1.29 is 19.1 Å². The molecule has 2 heterocycles. The van der Waals surface area contributed by atoms with E-state index in [1.54, 1.807) is 55.3 Å². The lowest BCUT2D eigenvalue weighted by molar-refractivity contribution is -0.127. The molecule has 1 N–H and O–H groups in total. The minimum absolute atomic E-state index is 0.110. The van der Waals surface area contributed by atoms with E-state index < -0.39 is 0 Å². The van der Waals surface area contributed by atoms with E-state index in [0.29, 0.717) is 47.5 Å². The Morgan fingerprint density at radius 1 is 1.00 bits per heavy atom. The number of aryl methyl sites for hydroxylation is 1. The average molecular weight is 464 g/mol. The molecule has 2 amide bonds.